The van der Waals surface area contributed by atoms with Crippen LogP contribution in [0.1, 0.15) is 17.2 Å². The number of hydrogen-bond acceptors (Lipinski definition) is 1. The van der Waals surface area contributed by atoms with Crippen LogP contribution < -0.4 is 5.73 Å². The average molecular weight is 298 g/mol. The average Bonchev–Trinajstić information content (AvgIpc) is 2.28. The fourth-order valence-corrected chi connectivity index (χ4v) is 2.26. The molecule has 0 aliphatic heterocycles. The molecule has 2 aromatic carbocycles. The first-order valence-corrected chi connectivity index (χ1v) is 5.84. The summed E-state index contributed by atoms with van der Waals surface area (Å²) in [7, 11) is 0. The van der Waals surface area contributed by atoms with E-state index in [-0.39, 0.29) is 5.82 Å². The number of halogens is 3. The Kier molecular flexibility index (Phi) is 3.54. The molecule has 1 nitrogen and oxygen atoms in total. The summed E-state index contributed by atoms with van der Waals surface area (Å²) in [5.74, 6) is -0.790. The zero-order valence-electron chi connectivity index (χ0n) is 8.83. The van der Waals surface area contributed by atoms with Crippen molar-refractivity contribution in [2.45, 2.75) is 6.04 Å². The number of rotatable bonds is 2. The van der Waals surface area contributed by atoms with Crippen molar-refractivity contribution in [3.63, 3.8) is 0 Å². The van der Waals surface area contributed by atoms with Crippen LogP contribution in [0.4, 0.5) is 8.78 Å². The zero-order chi connectivity index (χ0) is 12.4. The summed E-state index contributed by atoms with van der Waals surface area (Å²) in [5.41, 5.74) is 6.82. The molecule has 0 aliphatic carbocycles. The summed E-state index contributed by atoms with van der Waals surface area (Å²) >= 11 is 3.25. The molecule has 0 fully saturated rings. The summed E-state index contributed by atoms with van der Waals surface area (Å²) in [6.45, 7) is 0. The van der Waals surface area contributed by atoms with Crippen LogP contribution in [0.3, 0.4) is 0 Å². The van der Waals surface area contributed by atoms with Crippen LogP contribution in [0.5, 0.6) is 0 Å². The van der Waals surface area contributed by atoms with Crippen LogP contribution in [0, 0.1) is 11.6 Å². The van der Waals surface area contributed by atoms with Gasteiger partial charge in [-0.1, -0.05) is 34.1 Å². The predicted octanol–water partition coefficient (Wildman–Crippen LogP) is 3.78. The molecule has 17 heavy (non-hydrogen) atoms. The van der Waals surface area contributed by atoms with Crippen LogP contribution in [-0.4, -0.2) is 0 Å². The molecule has 0 saturated heterocycles. The standard InChI is InChI=1S/C13H10BrF2N/c14-10-5-2-6-11(16)12(10)13(17)8-3-1-4-9(15)7-8/h1-7,13H,17H2. The molecular weight excluding hydrogens is 288 g/mol. The summed E-state index contributed by atoms with van der Waals surface area (Å²) < 4.78 is 27.3. The second-order valence-electron chi connectivity index (χ2n) is 3.67. The normalized spacial score (nSPS) is 12.5. The quantitative estimate of drug-likeness (QED) is 0.897. The smallest absolute Gasteiger partial charge is 0.129 e. The Bertz CT molecular complexity index is 522. The van der Waals surface area contributed by atoms with E-state index in [4.69, 9.17) is 5.73 Å². The van der Waals surface area contributed by atoms with E-state index in [9.17, 15) is 8.78 Å². The monoisotopic (exact) mass is 297 g/mol. The fourth-order valence-electron chi connectivity index (χ4n) is 1.67. The third-order valence-corrected chi connectivity index (χ3v) is 3.21. The molecule has 0 amide bonds. The first kappa shape index (κ1) is 12.2. The van der Waals surface area contributed by atoms with Gasteiger partial charge in [-0.2, -0.15) is 0 Å². The van der Waals surface area contributed by atoms with Crippen molar-refractivity contribution in [2.24, 2.45) is 5.73 Å². The van der Waals surface area contributed by atoms with Crippen molar-refractivity contribution in [1.29, 1.82) is 0 Å². The van der Waals surface area contributed by atoms with Gasteiger partial charge in [-0.3, -0.25) is 0 Å². The predicted molar refractivity (Wildman–Crippen MR) is 66.5 cm³/mol. The van der Waals surface area contributed by atoms with Crippen molar-refractivity contribution in [1.82, 2.24) is 0 Å². The molecule has 0 bridgehead atoms. The largest absolute Gasteiger partial charge is 0.320 e. The maximum Gasteiger partial charge on any atom is 0.129 e. The van der Waals surface area contributed by atoms with Gasteiger partial charge < -0.3 is 5.73 Å². The number of nitrogens with two attached hydrogens (primary N) is 1. The summed E-state index contributed by atoms with van der Waals surface area (Å²) in [4.78, 5) is 0. The molecular formula is C13H10BrF2N. The lowest BCUT2D eigenvalue weighted by molar-refractivity contribution is 0.594. The molecule has 2 N–H and O–H groups in total. The second-order valence-corrected chi connectivity index (χ2v) is 4.52. The lowest BCUT2D eigenvalue weighted by Gasteiger charge is -2.15. The Labute approximate surface area is 106 Å². The van der Waals surface area contributed by atoms with Crippen LogP contribution in [0.15, 0.2) is 46.9 Å². The molecule has 0 heterocycles. The van der Waals surface area contributed by atoms with Crippen LogP contribution in [0.2, 0.25) is 0 Å². The van der Waals surface area contributed by atoms with Crippen molar-refractivity contribution in [3.8, 4) is 0 Å². The topological polar surface area (TPSA) is 26.0 Å². The molecule has 2 rings (SSSR count). The molecule has 0 spiro atoms. The maximum atomic E-state index is 13.7. The third-order valence-electron chi connectivity index (χ3n) is 2.52. The highest BCUT2D eigenvalue weighted by molar-refractivity contribution is 9.10. The molecule has 88 valence electrons. The van der Waals surface area contributed by atoms with Crippen LogP contribution >= 0.6 is 15.9 Å². The zero-order valence-corrected chi connectivity index (χ0v) is 10.4. The highest BCUT2D eigenvalue weighted by Crippen LogP contribution is 2.29. The number of benzene rings is 2. The van der Waals surface area contributed by atoms with Gasteiger partial charge in [-0.05, 0) is 29.8 Å². The Morgan fingerprint density at radius 3 is 2.41 bits per heavy atom. The molecule has 0 aliphatic rings. The van der Waals surface area contributed by atoms with Crippen molar-refractivity contribution in [3.05, 3.63) is 69.7 Å². The van der Waals surface area contributed by atoms with Gasteiger partial charge in [-0.15, -0.1) is 0 Å². The lowest BCUT2D eigenvalue weighted by atomic mass is 9.99. The first-order chi connectivity index (χ1) is 8.09. The Morgan fingerprint density at radius 2 is 1.76 bits per heavy atom. The van der Waals surface area contributed by atoms with E-state index in [1.54, 1.807) is 24.3 Å². The van der Waals surface area contributed by atoms with Crippen molar-refractivity contribution < 1.29 is 8.78 Å². The van der Waals surface area contributed by atoms with Gasteiger partial charge in [0.15, 0.2) is 0 Å². The maximum absolute atomic E-state index is 13.7. The van der Waals surface area contributed by atoms with Crippen LogP contribution in [0.25, 0.3) is 0 Å². The lowest BCUT2D eigenvalue weighted by Crippen LogP contribution is -2.14. The van der Waals surface area contributed by atoms with Gasteiger partial charge in [0.05, 0.1) is 6.04 Å². The highest BCUT2D eigenvalue weighted by atomic mass is 79.9. The Morgan fingerprint density at radius 1 is 1.06 bits per heavy atom. The summed E-state index contributed by atoms with van der Waals surface area (Å²) in [6, 6.07) is 9.79. The Hall–Kier alpha value is -1.26. The van der Waals surface area contributed by atoms with Gasteiger partial charge in [0, 0.05) is 10.0 Å². The Balaban J connectivity index is 2.47. The number of hydrogen-bond donors (Lipinski definition) is 1. The van der Waals surface area contributed by atoms with E-state index in [2.05, 4.69) is 15.9 Å². The van der Waals surface area contributed by atoms with E-state index in [0.29, 0.717) is 15.6 Å². The van der Waals surface area contributed by atoms with Crippen LogP contribution in [-0.2, 0) is 0 Å². The summed E-state index contributed by atoms with van der Waals surface area (Å²) in [6.07, 6.45) is 0. The molecule has 1 unspecified atom stereocenters. The van der Waals surface area contributed by atoms with E-state index in [0.717, 1.165) is 0 Å². The SMILES string of the molecule is NC(c1cccc(F)c1)c1c(F)cccc1Br. The molecule has 0 aromatic heterocycles. The van der Waals surface area contributed by atoms with Crippen molar-refractivity contribution >= 4 is 15.9 Å². The minimum Gasteiger partial charge on any atom is -0.320 e. The van der Waals surface area contributed by atoms with Gasteiger partial charge in [-0.25, -0.2) is 8.78 Å². The third kappa shape index (κ3) is 2.53. The minimum absolute atomic E-state index is 0.332. The van der Waals surface area contributed by atoms with E-state index < -0.39 is 11.9 Å². The molecule has 1 atom stereocenters. The van der Waals surface area contributed by atoms with Gasteiger partial charge >= 0.3 is 0 Å². The first-order valence-electron chi connectivity index (χ1n) is 5.04. The highest BCUT2D eigenvalue weighted by Gasteiger charge is 2.16. The van der Waals surface area contributed by atoms with Gasteiger partial charge in [0.2, 0.25) is 0 Å². The van der Waals surface area contributed by atoms with E-state index in [1.807, 2.05) is 0 Å². The van der Waals surface area contributed by atoms with Crippen molar-refractivity contribution in [2.75, 3.05) is 0 Å². The second kappa shape index (κ2) is 4.94. The minimum atomic E-state index is -0.693. The molecule has 2 aromatic rings. The van der Waals surface area contributed by atoms with E-state index in [1.165, 1.54) is 18.2 Å². The molecule has 4 heteroatoms. The molecule has 0 saturated carbocycles. The molecule has 0 radical (unpaired) electrons. The van der Waals surface area contributed by atoms with E-state index >= 15 is 0 Å². The van der Waals surface area contributed by atoms with Gasteiger partial charge in [0.25, 0.3) is 0 Å². The fraction of sp³-hybridized carbons (Fsp3) is 0.0769. The summed E-state index contributed by atoms with van der Waals surface area (Å²) in [5, 5.41) is 0. The van der Waals surface area contributed by atoms with Gasteiger partial charge in [0.1, 0.15) is 11.6 Å².